The quantitative estimate of drug-likeness (QED) is 0.690. The van der Waals surface area contributed by atoms with Crippen LogP contribution in [-0.4, -0.2) is 34.7 Å². The molecule has 0 radical (unpaired) electrons. The smallest absolute Gasteiger partial charge is 0.0721 e. The molecule has 98 valence electrons. The molecule has 0 aromatic rings. The Labute approximate surface area is 102 Å². The summed E-state index contributed by atoms with van der Waals surface area (Å²) in [6.45, 7) is 15.2. The van der Waals surface area contributed by atoms with E-state index in [-0.39, 0.29) is 11.6 Å². The van der Waals surface area contributed by atoms with E-state index in [1.807, 2.05) is 0 Å². The van der Waals surface area contributed by atoms with E-state index < -0.39 is 0 Å². The Morgan fingerprint density at radius 3 is 1.88 bits per heavy atom. The molecule has 0 amide bonds. The first-order chi connectivity index (χ1) is 7.42. The molecule has 0 fully saturated rings. The van der Waals surface area contributed by atoms with Gasteiger partial charge in [-0.15, -0.1) is 0 Å². The molecule has 0 aliphatic heterocycles. The van der Waals surface area contributed by atoms with Crippen molar-refractivity contribution in [1.29, 1.82) is 0 Å². The summed E-state index contributed by atoms with van der Waals surface area (Å²) in [5.74, 6) is 0.674. The lowest BCUT2D eigenvalue weighted by Crippen LogP contribution is -2.54. The molecule has 2 heteroatoms. The maximum Gasteiger partial charge on any atom is 0.0721 e. The van der Waals surface area contributed by atoms with Crippen LogP contribution >= 0.6 is 0 Å². The van der Waals surface area contributed by atoms with Crippen LogP contribution in [0.5, 0.6) is 0 Å². The first kappa shape index (κ1) is 15.9. The number of rotatable bonds is 8. The Balaban J connectivity index is 4.53. The highest BCUT2D eigenvalue weighted by Gasteiger charge is 2.35. The summed E-state index contributed by atoms with van der Waals surface area (Å²) in [4.78, 5) is 2.39. The van der Waals surface area contributed by atoms with Gasteiger partial charge in [-0.1, -0.05) is 34.6 Å². The van der Waals surface area contributed by atoms with E-state index >= 15 is 0 Å². The third kappa shape index (κ3) is 4.06. The highest BCUT2D eigenvalue weighted by Crippen LogP contribution is 2.27. The Morgan fingerprint density at radius 1 is 1.06 bits per heavy atom. The average molecular weight is 229 g/mol. The van der Waals surface area contributed by atoms with Crippen molar-refractivity contribution >= 4 is 0 Å². The van der Waals surface area contributed by atoms with Gasteiger partial charge in [0, 0.05) is 5.54 Å². The molecule has 2 nitrogen and oxygen atoms in total. The molecule has 0 aromatic carbocycles. The Hall–Kier alpha value is -0.0800. The number of hydrogen-bond donors (Lipinski definition) is 1. The SMILES string of the molecule is CCN(CC)C(C)(CC)C(O)CCC(C)C. The van der Waals surface area contributed by atoms with Crippen LogP contribution in [0.2, 0.25) is 0 Å². The fourth-order valence-corrected chi connectivity index (χ4v) is 2.42. The van der Waals surface area contributed by atoms with Crippen LogP contribution in [0.15, 0.2) is 0 Å². The average Bonchev–Trinajstić information content (AvgIpc) is 2.26. The summed E-state index contributed by atoms with van der Waals surface area (Å²) >= 11 is 0. The minimum absolute atomic E-state index is 0.0572. The van der Waals surface area contributed by atoms with Crippen molar-refractivity contribution in [2.75, 3.05) is 13.1 Å². The van der Waals surface area contributed by atoms with Gasteiger partial charge in [0.2, 0.25) is 0 Å². The summed E-state index contributed by atoms with van der Waals surface area (Å²) in [6.07, 6.45) is 2.82. The maximum atomic E-state index is 10.4. The fourth-order valence-electron chi connectivity index (χ4n) is 2.42. The Morgan fingerprint density at radius 2 is 1.56 bits per heavy atom. The lowest BCUT2D eigenvalue weighted by atomic mass is 9.85. The summed E-state index contributed by atoms with van der Waals surface area (Å²) in [7, 11) is 0. The Bertz CT molecular complexity index is 178. The molecule has 0 heterocycles. The van der Waals surface area contributed by atoms with Crippen LogP contribution in [0.3, 0.4) is 0 Å². The molecule has 0 bridgehead atoms. The van der Waals surface area contributed by atoms with Crippen molar-refractivity contribution < 1.29 is 5.11 Å². The van der Waals surface area contributed by atoms with Gasteiger partial charge < -0.3 is 5.11 Å². The summed E-state index contributed by atoms with van der Waals surface area (Å²) < 4.78 is 0. The van der Waals surface area contributed by atoms with E-state index in [2.05, 4.69) is 46.4 Å². The molecule has 16 heavy (non-hydrogen) atoms. The second kappa shape index (κ2) is 7.29. The Kier molecular flexibility index (Phi) is 7.25. The molecule has 0 saturated carbocycles. The first-order valence-corrected chi connectivity index (χ1v) is 6.85. The van der Waals surface area contributed by atoms with E-state index in [9.17, 15) is 5.11 Å². The van der Waals surface area contributed by atoms with Gasteiger partial charge in [0.25, 0.3) is 0 Å². The standard InChI is InChI=1S/C14H31NO/c1-7-14(6,15(8-2)9-3)13(16)11-10-12(4)5/h12-13,16H,7-11H2,1-6H3. The van der Waals surface area contributed by atoms with Gasteiger partial charge >= 0.3 is 0 Å². The molecule has 2 atom stereocenters. The monoisotopic (exact) mass is 229 g/mol. The van der Waals surface area contributed by atoms with Gasteiger partial charge in [0.15, 0.2) is 0 Å². The van der Waals surface area contributed by atoms with Crippen molar-refractivity contribution in [3.63, 3.8) is 0 Å². The van der Waals surface area contributed by atoms with Gasteiger partial charge in [-0.25, -0.2) is 0 Å². The van der Waals surface area contributed by atoms with Crippen LogP contribution in [0.25, 0.3) is 0 Å². The zero-order chi connectivity index (χ0) is 12.8. The van der Waals surface area contributed by atoms with Crippen molar-refractivity contribution in [3.8, 4) is 0 Å². The van der Waals surface area contributed by atoms with Crippen molar-refractivity contribution in [2.24, 2.45) is 5.92 Å². The van der Waals surface area contributed by atoms with E-state index in [0.29, 0.717) is 5.92 Å². The predicted octanol–water partition coefficient (Wildman–Crippen LogP) is 3.29. The summed E-state index contributed by atoms with van der Waals surface area (Å²) in [6, 6.07) is 0. The maximum absolute atomic E-state index is 10.4. The molecular formula is C14H31NO. The van der Waals surface area contributed by atoms with Crippen LogP contribution in [-0.2, 0) is 0 Å². The van der Waals surface area contributed by atoms with Crippen LogP contribution < -0.4 is 0 Å². The van der Waals surface area contributed by atoms with Gasteiger partial charge in [0.05, 0.1) is 6.10 Å². The third-order valence-corrected chi connectivity index (χ3v) is 3.94. The van der Waals surface area contributed by atoms with Crippen molar-refractivity contribution in [3.05, 3.63) is 0 Å². The fraction of sp³-hybridized carbons (Fsp3) is 1.00. The van der Waals surface area contributed by atoms with E-state index in [0.717, 1.165) is 32.4 Å². The van der Waals surface area contributed by atoms with Crippen LogP contribution in [0, 0.1) is 5.92 Å². The third-order valence-electron chi connectivity index (χ3n) is 3.94. The lowest BCUT2D eigenvalue weighted by molar-refractivity contribution is -0.0259. The van der Waals surface area contributed by atoms with Gasteiger partial charge in [0.1, 0.15) is 0 Å². The molecule has 0 rings (SSSR count). The second-order valence-corrected chi connectivity index (χ2v) is 5.37. The van der Waals surface area contributed by atoms with E-state index in [1.165, 1.54) is 0 Å². The van der Waals surface area contributed by atoms with Gasteiger partial charge in [-0.05, 0) is 45.2 Å². The number of hydrogen-bond acceptors (Lipinski definition) is 2. The summed E-state index contributed by atoms with van der Waals surface area (Å²) in [5.41, 5.74) is -0.0572. The first-order valence-electron chi connectivity index (χ1n) is 6.85. The zero-order valence-corrected chi connectivity index (χ0v) is 12.1. The molecular weight excluding hydrogens is 198 g/mol. The van der Waals surface area contributed by atoms with Crippen molar-refractivity contribution in [1.82, 2.24) is 4.90 Å². The van der Waals surface area contributed by atoms with E-state index in [1.54, 1.807) is 0 Å². The zero-order valence-electron chi connectivity index (χ0n) is 12.1. The molecule has 0 aliphatic carbocycles. The minimum Gasteiger partial charge on any atom is -0.391 e. The largest absolute Gasteiger partial charge is 0.391 e. The molecule has 0 saturated heterocycles. The van der Waals surface area contributed by atoms with Crippen LogP contribution in [0.1, 0.15) is 60.8 Å². The van der Waals surface area contributed by atoms with Crippen LogP contribution in [0.4, 0.5) is 0 Å². The van der Waals surface area contributed by atoms with Gasteiger partial charge in [-0.2, -0.15) is 0 Å². The molecule has 0 aromatic heterocycles. The number of aliphatic hydroxyl groups is 1. The highest BCUT2D eigenvalue weighted by atomic mass is 16.3. The van der Waals surface area contributed by atoms with E-state index in [4.69, 9.17) is 0 Å². The topological polar surface area (TPSA) is 23.5 Å². The lowest BCUT2D eigenvalue weighted by Gasteiger charge is -2.43. The minimum atomic E-state index is -0.209. The van der Waals surface area contributed by atoms with Gasteiger partial charge in [-0.3, -0.25) is 4.90 Å². The number of likely N-dealkylation sites (N-methyl/N-ethyl adjacent to an activating group) is 1. The number of nitrogens with zero attached hydrogens (tertiary/aromatic N) is 1. The highest BCUT2D eigenvalue weighted by molar-refractivity contribution is 4.91. The molecule has 1 N–H and O–H groups in total. The summed E-state index contributed by atoms with van der Waals surface area (Å²) in [5, 5.41) is 10.4. The molecule has 2 unspecified atom stereocenters. The predicted molar refractivity (Wildman–Crippen MR) is 71.7 cm³/mol. The molecule has 0 aliphatic rings. The normalized spacial score (nSPS) is 17.8. The molecule has 0 spiro atoms. The second-order valence-electron chi connectivity index (χ2n) is 5.37. The van der Waals surface area contributed by atoms with Crippen molar-refractivity contribution in [2.45, 2.75) is 72.4 Å². The number of aliphatic hydroxyl groups excluding tert-OH is 1.